The zero-order valence-electron chi connectivity index (χ0n) is 13.4. The van der Waals surface area contributed by atoms with Crippen molar-refractivity contribution in [2.75, 3.05) is 7.11 Å². The topological polar surface area (TPSA) is 98.3 Å². The van der Waals surface area contributed by atoms with Crippen molar-refractivity contribution in [2.24, 2.45) is 5.10 Å². The molecule has 10 heteroatoms. The molecule has 2 aromatic carbocycles. The first-order chi connectivity index (χ1) is 12.5. The van der Waals surface area contributed by atoms with E-state index in [-0.39, 0.29) is 15.5 Å². The van der Waals surface area contributed by atoms with Gasteiger partial charge in [-0.3, -0.25) is 10.1 Å². The first-order valence-corrected chi connectivity index (χ1v) is 8.08. The Kier molecular flexibility index (Phi) is 5.10. The van der Waals surface area contributed by atoms with E-state index in [1.807, 2.05) is 12.1 Å². The van der Waals surface area contributed by atoms with E-state index in [1.54, 1.807) is 25.3 Å². The van der Waals surface area contributed by atoms with Crippen molar-refractivity contribution >= 4 is 35.7 Å². The Labute approximate surface area is 157 Å². The Morgan fingerprint density at radius 1 is 1.35 bits per heavy atom. The lowest BCUT2D eigenvalue weighted by Crippen LogP contribution is -1.96. The van der Waals surface area contributed by atoms with Gasteiger partial charge in [0.2, 0.25) is 4.77 Å². The number of ether oxygens (including phenoxy) is 1. The van der Waals surface area contributed by atoms with Crippen molar-refractivity contribution in [3.05, 3.63) is 67.9 Å². The van der Waals surface area contributed by atoms with Crippen LogP contribution in [0.15, 0.2) is 47.6 Å². The summed E-state index contributed by atoms with van der Waals surface area (Å²) in [7, 11) is 1.58. The zero-order valence-corrected chi connectivity index (χ0v) is 15.0. The highest BCUT2D eigenvalue weighted by Gasteiger charge is 2.12. The zero-order chi connectivity index (χ0) is 18.7. The Bertz CT molecular complexity index is 1040. The third-order valence-electron chi connectivity index (χ3n) is 3.49. The monoisotopic (exact) mass is 389 g/mol. The van der Waals surface area contributed by atoms with Crippen LogP contribution < -0.4 is 4.74 Å². The maximum absolute atomic E-state index is 11.0. The van der Waals surface area contributed by atoms with E-state index < -0.39 is 4.92 Å². The molecule has 8 nitrogen and oxygen atoms in total. The van der Waals surface area contributed by atoms with Gasteiger partial charge in [-0.25, -0.2) is 5.10 Å². The molecule has 0 saturated heterocycles. The van der Waals surface area contributed by atoms with E-state index in [2.05, 4.69) is 15.3 Å². The Hall–Kier alpha value is -3.04. The van der Waals surface area contributed by atoms with Crippen LogP contribution in [0.1, 0.15) is 5.56 Å². The van der Waals surface area contributed by atoms with Gasteiger partial charge in [-0.05, 0) is 42.5 Å². The van der Waals surface area contributed by atoms with Gasteiger partial charge in [-0.2, -0.15) is 14.9 Å². The number of nitrogens with zero attached hydrogens (tertiary/aromatic N) is 4. The van der Waals surface area contributed by atoms with Crippen LogP contribution in [-0.2, 0) is 0 Å². The second-order valence-electron chi connectivity index (χ2n) is 5.11. The van der Waals surface area contributed by atoms with Gasteiger partial charge in [-0.15, -0.1) is 0 Å². The number of hydrogen-bond acceptors (Lipinski definition) is 6. The van der Waals surface area contributed by atoms with Gasteiger partial charge in [0.15, 0.2) is 5.82 Å². The Morgan fingerprint density at radius 3 is 2.73 bits per heavy atom. The van der Waals surface area contributed by atoms with Crippen molar-refractivity contribution in [1.29, 1.82) is 0 Å². The number of hydrogen-bond donors (Lipinski definition) is 1. The molecule has 0 fully saturated rings. The summed E-state index contributed by atoms with van der Waals surface area (Å²) in [4.78, 5) is 10.4. The van der Waals surface area contributed by atoms with E-state index in [9.17, 15) is 10.1 Å². The first kappa shape index (κ1) is 17.8. The van der Waals surface area contributed by atoms with Crippen LogP contribution in [0.25, 0.3) is 11.4 Å². The lowest BCUT2D eigenvalue weighted by Gasteiger charge is -2.03. The van der Waals surface area contributed by atoms with Crippen molar-refractivity contribution in [3.8, 4) is 17.1 Å². The summed E-state index contributed by atoms with van der Waals surface area (Å²) < 4.78 is 6.85. The summed E-state index contributed by atoms with van der Waals surface area (Å²) >= 11 is 11.0. The number of methoxy groups -OCH3 is 1. The quantitative estimate of drug-likeness (QED) is 0.307. The molecule has 0 aliphatic rings. The number of aromatic nitrogens is 3. The average Bonchev–Trinajstić information content (AvgIpc) is 3.01. The van der Waals surface area contributed by atoms with E-state index in [0.717, 1.165) is 5.56 Å². The molecule has 1 N–H and O–H groups in total. The fraction of sp³-hybridized carbons (Fsp3) is 0.0625. The van der Waals surface area contributed by atoms with Crippen LogP contribution in [0.3, 0.4) is 0 Å². The fourth-order valence-electron chi connectivity index (χ4n) is 2.20. The van der Waals surface area contributed by atoms with E-state index in [1.165, 1.54) is 23.0 Å². The van der Waals surface area contributed by atoms with Crippen LogP contribution in [0.5, 0.6) is 5.75 Å². The lowest BCUT2D eigenvalue weighted by molar-refractivity contribution is -0.384. The molecule has 1 heterocycles. The van der Waals surface area contributed by atoms with Crippen LogP contribution in [0.2, 0.25) is 5.02 Å². The standard InChI is InChI=1S/C16H12ClN5O3S/c1-25-12-5-3-11(4-6-12)15-19-20-16(26)21(15)18-9-10-2-7-13(17)14(8-10)22(23)24/h2-9H,1H3,(H,20,26). The predicted molar refractivity (Wildman–Crippen MR) is 100 cm³/mol. The second kappa shape index (κ2) is 7.46. The molecule has 1 aromatic heterocycles. The normalized spacial score (nSPS) is 11.0. The van der Waals surface area contributed by atoms with Gasteiger partial charge in [0.25, 0.3) is 5.69 Å². The number of aromatic amines is 1. The summed E-state index contributed by atoms with van der Waals surface area (Å²) in [5.41, 5.74) is 1.09. The van der Waals surface area contributed by atoms with Crippen molar-refractivity contribution < 1.29 is 9.66 Å². The fourth-order valence-corrected chi connectivity index (χ4v) is 2.57. The third-order valence-corrected chi connectivity index (χ3v) is 4.07. The number of halogens is 1. The molecule has 0 aliphatic heterocycles. The highest BCUT2D eigenvalue weighted by molar-refractivity contribution is 7.71. The largest absolute Gasteiger partial charge is 0.497 e. The summed E-state index contributed by atoms with van der Waals surface area (Å²) in [6, 6.07) is 11.6. The highest BCUT2D eigenvalue weighted by Crippen LogP contribution is 2.25. The summed E-state index contributed by atoms with van der Waals surface area (Å²) in [5, 5.41) is 22.2. The second-order valence-corrected chi connectivity index (χ2v) is 5.90. The molecule has 0 saturated carbocycles. The number of nitrogens with one attached hydrogen (secondary N) is 1. The van der Waals surface area contributed by atoms with Gasteiger partial charge in [0.05, 0.1) is 18.2 Å². The van der Waals surface area contributed by atoms with Crippen molar-refractivity contribution in [3.63, 3.8) is 0 Å². The predicted octanol–water partition coefficient (Wildman–Crippen LogP) is 4.06. The van der Waals surface area contributed by atoms with Gasteiger partial charge in [0, 0.05) is 17.2 Å². The smallest absolute Gasteiger partial charge is 0.288 e. The summed E-state index contributed by atoms with van der Waals surface area (Å²) in [6.45, 7) is 0. The minimum atomic E-state index is -0.550. The molecule has 3 rings (SSSR count). The SMILES string of the molecule is COc1ccc(-c2n[nH]c(=S)n2N=Cc2ccc(Cl)c([N+](=O)[O-])c2)cc1. The number of H-pyrrole nitrogens is 1. The van der Waals surface area contributed by atoms with Gasteiger partial charge < -0.3 is 4.74 Å². The molecule has 3 aromatic rings. The Morgan fingerprint density at radius 2 is 2.08 bits per heavy atom. The van der Waals surface area contributed by atoms with E-state index >= 15 is 0 Å². The molecular weight excluding hydrogens is 378 g/mol. The molecular formula is C16H12ClN5O3S. The van der Waals surface area contributed by atoms with Crippen LogP contribution in [-0.4, -0.2) is 33.1 Å². The molecule has 0 atom stereocenters. The Balaban J connectivity index is 1.97. The third kappa shape index (κ3) is 3.63. The number of rotatable bonds is 5. The number of nitro groups is 1. The van der Waals surface area contributed by atoms with Gasteiger partial charge in [-0.1, -0.05) is 17.7 Å². The van der Waals surface area contributed by atoms with Gasteiger partial charge in [0.1, 0.15) is 10.8 Å². The van der Waals surface area contributed by atoms with E-state index in [0.29, 0.717) is 17.1 Å². The molecule has 0 unspecified atom stereocenters. The average molecular weight is 390 g/mol. The highest BCUT2D eigenvalue weighted by atomic mass is 35.5. The molecule has 0 aliphatic carbocycles. The molecule has 0 spiro atoms. The summed E-state index contributed by atoms with van der Waals surface area (Å²) in [5.74, 6) is 1.21. The number of nitro benzene ring substituents is 1. The molecule has 0 bridgehead atoms. The lowest BCUT2D eigenvalue weighted by atomic mass is 10.2. The maximum atomic E-state index is 11.0. The van der Waals surface area contributed by atoms with E-state index in [4.69, 9.17) is 28.6 Å². The summed E-state index contributed by atoms with van der Waals surface area (Å²) in [6.07, 6.45) is 1.45. The van der Waals surface area contributed by atoms with Crippen molar-refractivity contribution in [1.82, 2.24) is 14.9 Å². The molecule has 0 amide bonds. The minimum absolute atomic E-state index is 0.0611. The molecule has 26 heavy (non-hydrogen) atoms. The number of benzene rings is 2. The van der Waals surface area contributed by atoms with Crippen LogP contribution >= 0.6 is 23.8 Å². The van der Waals surface area contributed by atoms with Crippen LogP contribution in [0, 0.1) is 14.9 Å². The molecule has 132 valence electrons. The first-order valence-electron chi connectivity index (χ1n) is 7.29. The minimum Gasteiger partial charge on any atom is -0.497 e. The maximum Gasteiger partial charge on any atom is 0.288 e. The van der Waals surface area contributed by atoms with Crippen molar-refractivity contribution in [2.45, 2.75) is 0 Å². The van der Waals surface area contributed by atoms with Gasteiger partial charge >= 0.3 is 0 Å². The van der Waals surface area contributed by atoms with Crippen LogP contribution in [0.4, 0.5) is 5.69 Å². The molecule has 0 radical (unpaired) electrons.